The molecule has 0 saturated heterocycles. The number of methoxy groups -OCH3 is 1. The first-order valence-electron chi connectivity index (χ1n) is 8.11. The van der Waals surface area contributed by atoms with Gasteiger partial charge >= 0.3 is 5.97 Å². The Morgan fingerprint density at radius 3 is 2.36 bits per heavy atom. The molecule has 0 atom stereocenters. The maximum atomic E-state index is 12.7. The van der Waals surface area contributed by atoms with Gasteiger partial charge in [-0.05, 0) is 53.3 Å². The molecule has 8 heteroatoms. The summed E-state index contributed by atoms with van der Waals surface area (Å²) in [7, 11) is 1.48. The van der Waals surface area contributed by atoms with Crippen LogP contribution in [0.1, 0.15) is 20.7 Å². The van der Waals surface area contributed by atoms with E-state index in [1.807, 2.05) is 24.3 Å². The summed E-state index contributed by atoms with van der Waals surface area (Å²) >= 11 is 8.41. The fourth-order valence-corrected chi connectivity index (χ4v) is 3.26. The van der Waals surface area contributed by atoms with Gasteiger partial charge in [0.25, 0.3) is 5.91 Å². The van der Waals surface area contributed by atoms with Crippen LogP contribution in [0.3, 0.4) is 0 Å². The number of hydrogen-bond donors (Lipinski definition) is 3. The van der Waals surface area contributed by atoms with Crippen molar-refractivity contribution < 1.29 is 19.4 Å². The van der Waals surface area contributed by atoms with Crippen molar-refractivity contribution in [3.8, 4) is 5.75 Å². The van der Waals surface area contributed by atoms with Gasteiger partial charge in [0.05, 0.1) is 23.9 Å². The third kappa shape index (κ3) is 4.29. The molecular formula is C20H15BrN2O4S. The minimum Gasteiger partial charge on any atom is -0.496 e. The van der Waals surface area contributed by atoms with Gasteiger partial charge in [-0.3, -0.25) is 10.1 Å². The van der Waals surface area contributed by atoms with Gasteiger partial charge in [0, 0.05) is 4.47 Å². The molecule has 0 heterocycles. The molecular weight excluding hydrogens is 444 g/mol. The number of fused-ring (bicyclic) bond motifs is 1. The minimum atomic E-state index is -1.12. The predicted octanol–water partition coefficient (Wildman–Crippen LogP) is 4.44. The van der Waals surface area contributed by atoms with Crippen LogP contribution < -0.4 is 15.4 Å². The summed E-state index contributed by atoms with van der Waals surface area (Å²) in [6.07, 6.45) is 0. The molecule has 3 rings (SSSR count). The summed E-state index contributed by atoms with van der Waals surface area (Å²) in [5.41, 5.74) is 0.611. The molecule has 0 unspecified atom stereocenters. The molecule has 3 aromatic rings. The number of nitrogens with one attached hydrogen (secondary N) is 2. The van der Waals surface area contributed by atoms with E-state index in [0.717, 1.165) is 10.8 Å². The number of aromatic carboxylic acids is 1. The highest BCUT2D eigenvalue weighted by Gasteiger charge is 2.17. The molecule has 0 saturated carbocycles. The Labute approximate surface area is 174 Å². The Kier molecular flexibility index (Phi) is 5.91. The van der Waals surface area contributed by atoms with Gasteiger partial charge in [-0.25, -0.2) is 4.79 Å². The number of carboxylic acid groups (broad SMARTS) is 1. The Balaban J connectivity index is 1.83. The summed E-state index contributed by atoms with van der Waals surface area (Å²) in [6.45, 7) is 0. The third-order valence-electron chi connectivity index (χ3n) is 4.00. The number of anilines is 1. The lowest BCUT2D eigenvalue weighted by atomic mass is 10.1. The molecule has 6 nitrogen and oxygen atoms in total. The summed E-state index contributed by atoms with van der Waals surface area (Å²) in [4.78, 5) is 24.1. The summed E-state index contributed by atoms with van der Waals surface area (Å²) in [5.74, 6) is -1.17. The van der Waals surface area contributed by atoms with Crippen LogP contribution in [0, 0.1) is 0 Å². The van der Waals surface area contributed by atoms with E-state index in [2.05, 4.69) is 26.6 Å². The van der Waals surface area contributed by atoms with Crippen molar-refractivity contribution >= 4 is 61.6 Å². The standard InChI is InChI=1S/C20H15BrN2O4S/c1-27-17-9-12-5-3-2-4-11(12)8-15(17)18(24)23-20(28)22-16-7-6-13(21)10-14(16)19(25)26/h2-10H,1H3,(H,25,26)(H2,22,23,24,28). The zero-order valence-corrected chi connectivity index (χ0v) is 17.1. The Morgan fingerprint density at radius 2 is 1.71 bits per heavy atom. The van der Waals surface area contributed by atoms with E-state index >= 15 is 0 Å². The van der Waals surface area contributed by atoms with E-state index in [0.29, 0.717) is 15.8 Å². The molecule has 0 bridgehead atoms. The number of carbonyl (C=O) groups is 2. The Hall–Kier alpha value is -2.97. The molecule has 0 radical (unpaired) electrons. The second kappa shape index (κ2) is 8.37. The molecule has 0 aliphatic heterocycles. The van der Waals surface area contributed by atoms with Crippen LogP contribution in [0.15, 0.2) is 59.1 Å². The largest absolute Gasteiger partial charge is 0.496 e. The number of rotatable bonds is 4. The highest BCUT2D eigenvalue weighted by molar-refractivity contribution is 9.10. The zero-order chi connectivity index (χ0) is 20.3. The van der Waals surface area contributed by atoms with Crippen molar-refractivity contribution in [3.05, 3.63) is 70.2 Å². The van der Waals surface area contributed by atoms with Crippen molar-refractivity contribution in [2.24, 2.45) is 0 Å². The van der Waals surface area contributed by atoms with E-state index in [-0.39, 0.29) is 16.4 Å². The summed E-state index contributed by atoms with van der Waals surface area (Å²) in [6, 6.07) is 15.8. The average Bonchev–Trinajstić information content (AvgIpc) is 2.67. The van der Waals surface area contributed by atoms with Crippen LogP contribution in [-0.2, 0) is 0 Å². The van der Waals surface area contributed by atoms with E-state index in [1.165, 1.54) is 13.2 Å². The molecule has 0 aliphatic rings. The number of thiocarbonyl (C=S) groups is 1. The number of amides is 1. The van der Waals surface area contributed by atoms with Crippen molar-refractivity contribution in [2.45, 2.75) is 0 Å². The van der Waals surface area contributed by atoms with E-state index in [1.54, 1.807) is 24.3 Å². The molecule has 3 N–H and O–H groups in total. The fourth-order valence-electron chi connectivity index (χ4n) is 2.69. The SMILES string of the molecule is COc1cc2ccccc2cc1C(=O)NC(=S)Nc1ccc(Br)cc1C(=O)O. The fraction of sp³-hybridized carbons (Fsp3) is 0.0500. The molecule has 0 fully saturated rings. The molecule has 142 valence electrons. The zero-order valence-electron chi connectivity index (χ0n) is 14.7. The van der Waals surface area contributed by atoms with Crippen molar-refractivity contribution in [1.29, 1.82) is 0 Å². The molecule has 0 aromatic heterocycles. The van der Waals surface area contributed by atoms with Crippen LogP contribution in [0.5, 0.6) is 5.75 Å². The second-order valence-corrected chi connectivity index (χ2v) is 7.13. The second-order valence-electron chi connectivity index (χ2n) is 5.80. The number of carbonyl (C=O) groups excluding carboxylic acids is 1. The maximum Gasteiger partial charge on any atom is 0.337 e. The molecule has 28 heavy (non-hydrogen) atoms. The van der Waals surface area contributed by atoms with Crippen LogP contribution >= 0.6 is 28.1 Å². The lowest BCUT2D eigenvalue weighted by Crippen LogP contribution is -2.34. The van der Waals surface area contributed by atoms with Crippen LogP contribution in [0.25, 0.3) is 10.8 Å². The van der Waals surface area contributed by atoms with Crippen LogP contribution in [-0.4, -0.2) is 29.2 Å². The number of benzene rings is 3. The first kappa shape index (κ1) is 19.8. The smallest absolute Gasteiger partial charge is 0.337 e. The topological polar surface area (TPSA) is 87.7 Å². The van der Waals surface area contributed by atoms with Crippen molar-refractivity contribution in [1.82, 2.24) is 5.32 Å². The number of hydrogen-bond acceptors (Lipinski definition) is 4. The maximum absolute atomic E-state index is 12.7. The molecule has 0 spiro atoms. The number of ether oxygens (including phenoxy) is 1. The van der Waals surface area contributed by atoms with Crippen LogP contribution in [0.4, 0.5) is 5.69 Å². The lowest BCUT2D eigenvalue weighted by molar-refractivity contribution is 0.0697. The van der Waals surface area contributed by atoms with Gasteiger partial charge in [-0.2, -0.15) is 0 Å². The van der Waals surface area contributed by atoms with Gasteiger partial charge in [0.15, 0.2) is 5.11 Å². The highest BCUT2D eigenvalue weighted by Crippen LogP contribution is 2.26. The lowest BCUT2D eigenvalue weighted by Gasteiger charge is -2.14. The summed E-state index contributed by atoms with van der Waals surface area (Å²) in [5, 5.41) is 16.4. The Bertz CT molecular complexity index is 1100. The van der Waals surface area contributed by atoms with Gasteiger partial charge in [-0.1, -0.05) is 40.2 Å². The Morgan fingerprint density at radius 1 is 1.04 bits per heavy atom. The van der Waals surface area contributed by atoms with Crippen molar-refractivity contribution in [3.63, 3.8) is 0 Å². The quantitative estimate of drug-likeness (QED) is 0.501. The first-order chi connectivity index (χ1) is 13.4. The van der Waals surface area contributed by atoms with E-state index < -0.39 is 11.9 Å². The van der Waals surface area contributed by atoms with Gasteiger partial charge in [0.1, 0.15) is 5.75 Å². The molecule has 0 aliphatic carbocycles. The monoisotopic (exact) mass is 458 g/mol. The van der Waals surface area contributed by atoms with E-state index in [4.69, 9.17) is 17.0 Å². The van der Waals surface area contributed by atoms with Crippen molar-refractivity contribution in [2.75, 3.05) is 12.4 Å². The third-order valence-corrected chi connectivity index (χ3v) is 4.70. The van der Waals surface area contributed by atoms with Crippen LogP contribution in [0.2, 0.25) is 0 Å². The van der Waals surface area contributed by atoms with Gasteiger partial charge in [0.2, 0.25) is 0 Å². The highest BCUT2D eigenvalue weighted by atomic mass is 79.9. The van der Waals surface area contributed by atoms with Gasteiger partial charge in [-0.15, -0.1) is 0 Å². The van der Waals surface area contributed by atoms with E-state index in [9.17, 15) is 14.7 Å². The summed E-state index contributed by atoms with van der Waals surface area (Å²) < 4.78 is 5.95. The molecule has 1 amide bonds. The number of carboxylic acids is 1. The van der Waals surface area contributed by atoms with Gasteiger partial charge < -0.3 is 15.2 Å². The first-order valence-corrected chi connectivity index (χ1v) is 9.31. The molecule has 3 aromatic carbocycles. The number of halogens is 1. The predicted molar refractivity (Wildman–Crippen MR) is 115 cm³/mol. The minimum absolute atomic E-state index is 0.0225. The normalized spacial score (nSPS) is 10.4. The average molecular weight is 459 g/mol.